The molecule has 10 heteroatoms. The minimum atomic E-state index is -1.25. The first kappa shape index (κ1) is 39.9. The predicted molar refractivity (Wildman–Crippen MR) is 202 cm³/mol. The number of allylic oxidation sites excluding steroid dienone is 1. The standard InChI is InChI=1S/C40H69N3O6S/c1-24(2)10-9-11-25(3)30-14-15-31-29-13-12-27-22-28(16-18-39(27,5)32(29)17-19-40(30,31)6)49-38(47)43-21-8-7-20-42-33(41)23-50-37-36(46)35(45)34(44)26(4)48-37/h12,24-26,28-32,34-37,44-46H,7-11,13-23H2,1-6H3,(H2,41,42)(H,43,47)/t25?,26-,28?,29?,30?,31?,32?,34+,35+,36-,37+,39?,40?/m1/s1. The molecule has 1 aliphatic heterocycles. The van der Waals surface area contributed by atoms with Crippen LogP contribution in [-0.2, 0) is 9.47 Å². The highest BCUT2D eigenvalue weighted by Crippen LogP contribution is 2.67. The Labute approximate surface area is 306 Å². The molecule has 4 fully saturated rings. The van der Waals surface area contributed by atoms with E-state index in [1.807, 2.05) is 0 Å². The van der Waals surface area contributed by atoms with Crippen LogP contribution in [0.1, 0.15) is 125 Å². The van der Waals surface area contributed by atoms with Gasteiger partial charge in [-0.25, -0.2) is 4.79 Å². The third-order valence-electron chi connectivity index (χ3n) is 13.9. The maximum absolute atomic E-state index is 12.7. The Morgan fingerprint density at radius 1 is 1.04 bits per heavy atom. The molecule has 0 spiro atoms. The number of amidine groups is 1. The third-order valence-corrected chi connectivity index (χ3v) is 15.1. The van der Waals surface area contributed by atoms with E-state index in [4.69, 9.17) is 15.2 Å². The van der Waals surface area contributed by atoms with Gasteiger partial charge in [-0.2, -0.15) is 0 Å². The second-order valence-electron chi connectivity index (χ2n) is 17.6. The van der Waals surface area contributed by atoms with Crippen molar-refractivity contribution in [1.29, 1.82) is 0 Å². The van der Waals surface area contributed by atoms with Gasteiger partial charge < -0.3 is 35.8 Å². The molecule has 5 aliphatic rings. The van der Waals surface area contributed by atoms with Gasteiger partial charge in [-0.05, 0) is 111 Å². The Bertz CT molecular complexity index is 1200. The van der Waals surface area contributed by atoms with Crippen molar-refractivity contribution >= 4 is 23.7 Å². The van der Waals surface area contributed by atoms with Gasteiger partial charge >= 0.3 is 6.09 Å². The molecule has 0 radical (unpaired) electrons. The molecule has 9 nitrogen and oxygen atoms in total. The molecule has 8 unspecified atom stereocenters. The van der Waals surface area contributed by atoms with Crippen LogP contribution in [0, 0.1) is 46.3 Å². The Kier molecular flexibility index (Phi) is 13.7. The molecule has 5 rings (SSSR count). The van der Waals surface area contributed by atoms with Gasteiger partial charge in [-0.15, -0.1) is 11.8 Å². The van der Waals surface area contributed by atoms with Crippen molar-refractivity contribution in [2.24, 2.45) is 57.1 Å². The number of alkyl carbamates (subject to hydrolysis) is 1. The normalized spacial score (nSPS) is 40.8. The highest BCUT2D eigenvalue weighted by molar-refractivity contribution is 8.00. The van der Waals surface area contributed by atoms with Crippen molar-refractivity contribution in [3.05, 3.63) is 11.6 Å². The lowest BCUT2D eigenvalue weighted by Crippen LogP contribution is -2.55. The number of nitrogens with one attached hydrogen (secondary N) is 1. The van der Waals surface area contributed by atoms with Crippen molar-refractivity contribution in [3.63, 3.8) is 0 Å². The summed E-state index contributed by atoms with van der Waals surface area (Å²) in [5.41, 5.74) is 7.65. The van der Waals surface area contributed by atoms with Crippen molar-refractivity contribution in [1.82, 2.24) is 5.32 Å². The van der Waals surface area contributed by atoms with Crippen molar-refractivity contribution < 1.29 is 29.6 Å². The summed E-state index contributed by atoms with van der Waals surface area (Å²) in [6.07, 6.45) is 13.4. The number of hydrogen-bond donors (Lipinski definition) is 5. The number of thioether (sulfide) groups is 1. The number of fused-ring (bicyclic) bond motifs is 5. The molecular formula is C40H69N3O6S. The molecule has 1 saturated heterocycles. The Hall–Kier alpha value is -1.33. The van der Waals surface area contributed by atoms with Crippen LogP contribution >= 0.6 is 11.8 Å². The first-order chi connectivity index (χ1) is 23.7. The lowest BCUT2D eigenvalue weighted by atomic mass is 9.47. The summed E-state index contributed by atoms with van der Waals surface area (Å²) in [6.45, 7) is 15.2. The fourth-order valence-electron chi connectivity index (χ4n) is 11.0. The molecule has 4 aliphatic carbocycles. The van der Waals surface area contributed by atoms with Gasteiger partial charge in [0.15, 0.2) is 0 Å². The van der Waals surface area contributed by atoms with E-state index in [0.29, 0.717) is 30.1 Å². The van der Waals surface area contributed by atoms with E-state index in [1.165, 1.54) is 63.1 Å². The molecule has 6 N–H and O–H groups in total. The zero-order chi connectivity index (χ0) is 36.2. The average Bonchev–Trinajstić information content (AvgIpc) is 3.43. The summed E-state index contributed by atoms with van der Waals surface area (Å²) in [5, 5.41) is 32.9. The molecule has 1 heterocycles. The number of aliphatic hydroxyl groups is 3. The predicted octanol–water partition coefficient (Wildman–Crippen LogP) is 6.82. The van der Waals surface area contributed by atoms with E-state index in [9.17, 15) is 20.1 Å². The van der Waals surface area contributed by atoms with E-state index in [-0.39, 0.29) is 17.6 Å². The topological polar surface area (TPSA) is 147 Å². The Balaban J connectivity index is 1.01. The minimum absolute atomic E-state index is 0.0526. The monoisotopic (exact) mass is 719 g/mol. The number of aliphatic imine (C=N–C) groups is 1. The molecule has 0 aromatic carbocycles. The maximum Gasteiger partial charge on any atom is 0.407 e. The number of hydrogen-bond acceptors (Lipinski definition) is 8. The van der Waals surface area contributed by atoms with Crippen LogP contribution in [0.5, 0.6) is 0 Å². The van der Waals surface area contributed by atoms with E-state index in [0.717, 1.165) is 67.6 Å². The lowest BCUT2D eigenvalue weighted by Gasteiger charge is -2.58. The van der Waals surface area contributed by atoms with Gasteiger partial charge in [0, 0.05) is 19.5 Å². The smallest absolute Gasteiger partial charge is 0.407 e. The van der Waals surface area contributed by atoms with Crippen LogP contribution in [0.4, 0.5) is 4.79 Å². The number of aliphatic hydroxyl groups excluding tert-OH is 3. The van der Waals surface area contributed by atoms with Crippen LogP contribution in [0.2, 0.25) is 0 Å². The zero-order valence-electron chi connectivity index (χ0n) is 31.8. The fourth-order valence-corrected chi connectivity index (χ4v) is 12.0. The van der Waals surface area contributed by atoms with Gasteiger partial charge in [0.25, 0.3) is 0 Å². The summed E-state index contributed by atoms with van der Waals surface area (Å²) in [4.78, 5) is 17.1. The van der Waals surface area contributed by atoms with Gasteiger partial charge in [0.1, 0.15) is 35.7 Å². The molecule has 0 aromatic heterocycles. The Morgan fingerprint density at radius 2 is 1.82 bits per heavy atom. The largest absolute Gasteiger partial charge is 0.446 e. The number of ether oxygens (including phenoxy) is 2. The molecule has 0 aromatic rings. The van der Waals surface area contributed by atoms with Gasteiger partial charge in [0.2, 0.25) is 0 Å². The van der Waals surface area contributed by atoms with Crippen LogP contribution in [0.15, 0.2) is 16.6 Å². The molecular weight excluding hydrogens is 651 g/mol. The molecule has 0 bridgehead atoms. The van der Waals surface area contributed by atoms with Gasteiger partial charge in [-0.1, -0.05) is 65.5 Å². The molecule has 50 heavy (non-hydrogen) atoms. The lowest BCUT2D eigenvalue weighted by molar-refractivity contribution is -0.192. The highest BCUT2D eigenvalue weighted by atomic mass is 32.2. The van der Waals surface area contributed by atoms with Crippen LogP contribution in [0.3, 0.4) is 0 Å². The second-order valence-corrected chi connectivity index (χ2v) is 18.6. The quantitative estimate of drug-likeness (QED) is 0.0569. The number of nitrogens with zero attached hydrogens (tertiary/aromatic N) is 1. The van der Waals surface area contributed by atoms with Crippen molar-refractivity contribution in [3.8, 4) is 0 Å². The molecule has 286 valence electrons. The zero-order valence-corrected chi connectivity index (χ0v) is 32.6. The second kappa shape index (κ2) is 17.2. The number of carbonyl (C=O) groups excluding carboxylic acids is 1. The summed E-state index contributed by atoms with van der Waals surface area (Å²) >= 11 is 1.25. The first-order valence-corrected chi connectivity index (χ1v) is 21.0. The summed E-state index contributed by atoms with van der Waals surface area (Å²) in [5.74, 6) is 5.72. The SMILES string of the molecule is CC(C)CCCC(C)C1CCC2C3CC=C4CC(OC(=O)NCCCCN=C(N)CS[C@@H]5O[C@H](C)[C@H](O)[C@H](O)[C@H]5O)CCC4(C)C3CCC12C. The Morgan fingerprint density at radius 3 is 2.58 bits per heavy atom. The van der Waals surface area contributed by atoms with Crippen molar-refractivity contribution in [2.45, 2.75) is 161 Å². The first-order valence-electron chi connectivity index (χ1n) is 20.0. The van der Waals surface area contributed by atoms with Gasteiger partial charge in [0.05, 0.1) is 11.9 Å². The average molecular weight is 720 g/mol. The van der Waals surface area contributed by atoms with Crippen LogP contribution in [-0.4, -0.2) is 82.0 Å². The summed E-state index contributed by atoms with van der Waals surface area (Å²) in [6, 6.07) is 0. The van der Waals surface area contributed by atoms with Gasteiger partial charge in [-0.3, -0.25) is 4.99 Å². The number of amides is 1. The number of unbranched alkanes of at least 4 members (excludes halogenated alkanes) is 1. The van der Waals surface area contributed by atoms with E-state index in [2.05, 4.69) is 51.0 Å². The van der Waals surface area contributed by atoms with Crippen LogP contribution in [0.25, 0.3) is 0 Å². The number of nitrogens with two attached hydrogens (primary N) is 1. The molecule has 13 atom stereocenters. The van der Waals surface area contributed by atoms with Crippen molar-refractivity contribution in [2.75, 3.05) is 18.8 Å². The number of rotatable bonds is 14. The summed E-state index contributed by atoms with van der Waals surface area (Å²) in [7, 11) is 0. The van der Waals surface area contributed by atoms with Crippen LogP contribution < -0.4 is 11.1 Å². The highest BCUT2D eigenvalue weighted by Gasteiger charge is 2.59. The van der Waals surface area contributed by atoms with E-state index >= 15 is 0 Å². The fraction of sp³-hybridized carbons (Fsp3) is 0.900. The molecule has 3 saturated carbocycles. The summed E-state index contributed by atoms with van der Waals surface area (Å²) < 4.78 is 11.5. The third kappa shape index (κ3) is 8.88. The van der Waals surface area contributed by atoms with E-state index < -0.39 is 29.9 Å². The molecule has 1 amide bonds. The van der Waals surface area contributed by atoms with E-state index in [1.54, 1.807) is 12.5 Å². The number of carbonyl (C=O) groups is 1. The maximum atomic E-state index is 12.7. The minimum Gasteiger partial charge on any atom is -0.446 e.